The monoisotopic (exact) mass is 363 g/mol. The first-order valence-corrected chi connectivity index (χ1v) is 8.65. The van der Waals surface area contributed by atoms with Gasteiger partial charge in [0.2, 0.25) is 11.8 Å². The van der Waals surface area contributed by atoms with Crippen LogP contribution in [-0.2, 0) is 25.5 Å². The Morgan fingerprint density at radius 3 is 2.35 bits per heavy atom. The number of carbonyl (C=O) groups is 3. The molecule has 0 radical (unpaired) electrons. The summed E-state index contributed by atoms with van der Waals surface area (Å²) in [7, 11) is 1.50. The topological polar surface area (TPSA) is 102 Å². The van der Waals surface area contributed by atoms with Gasteiger partial charge in [-0.05, 0) is 39.7 Å². The zero-order valence-corrected chi connectivity index (χ0v) is 16.1. The van der Waals surface area contributed by atoms with Crippen molar-refractivity contribution in [1.29, 1.82) is 0 Å². The Morgan fingerprint density at radius 2 is 1.81 bits per heavy atom. The Bertz CT molecular complexity index is 631. The Hall–Kier alpha value is -2.41. The van der Waals surface area contributed by atoms with Crippen LogP contribution < -0.4 is 11.1 Å². The molecule has 0 aliphatic carbocycles. The van der Waals surface area contributed by atoms with Gasteiger partial charge in [0, 0.05) is 7.05 Å². The minimum absolute atomic E-state index is 0.236. The molecule has 0 aliphatic rings. The zero-order valence-electron chi connectivity index (χ0n) is 16.1. The Labute approximate surface area is 154 Å². The highest BCUT2D eigenvalue weighted by Gasteiger charge is 2.36. The third-order valence-electron chi connectivity index (χ3n) is 4.13. The fourth-order valence-corrected chi connectivity index (χ4v) is 2.45. The van der Waals surface area contributed by atoms with E-state index in [0.717, 1.165) is 5.56 Å². The summed E-state index contributed by atoms with van der Waals surface area (Å²) in [6, 6.07) is 7.88. The van der Waals surface area contributed by atoms with Gasteiger partial charge in [0.25, 0.3) is 0 Å². The normalized spacial score (nSPS) is 13.5. The smallest absolute Gasteiger partial charge is 0.328 e. The van der Waals surface area contributed by atoms with Gasteiger partial charge in [-0.1, -0.05) is 30.3 Å². The SMILES string of the molecule is CCOC(=O)[C@H](C)N(C)C(=O)C(C)(C)NC(=O)[C@@H](N)Cc1ccccc1. The Balaban J connectivity index is 2.72. The molecular weight excluding hydrogens is 334 g/mol. The number of rotatable bonds is 8. The lowest BCUT2D eigenvalue weighted by Crippen LogP contribution is -2.60. The van der Waals surface area contributed by atoms with Crippen LogP contribution in [0.2, 0.25) is 0 Å². The Morgan fingerprint density at radius 1 is 1.23 bits per heavy atom. The van der Waals surface area contributed by atoms with Crippen molar-refractivity contribution in [3.63, 3.8) is 0 Å². The minimum Gasteiger partial charge on any atom is -0.464 e. The van der Waals surface area contributed by atoms with E-state index in [1.807, 2.05) is 30.3 Å². The van der Waals surface area contributed by atoms with Crippen LogP contribution in [0, 0.1) is 0 Å². The number of esters is 1. The van der Waals surface area contributed by atoms with Gasteiger partial charge in [-0.3, -0.25) is 9.59 Å². The lowest BCUT2D eigenvalue weighted by atomic mass is 10.00. The van der Waals surface area contributed by atoms with E-state index in [4.69, 9.17) is 10.5 Å². The zero-order chi connectivity index (χ0) is 19.9. The van der Waals surface area contributed by atoms with Crippen LogP contribution in [-0.4, -0.2) is 54.0 Å². The molecule has 0 aromatic heterocycles. The van der Waals surface area contributed by atoms with E-state index >= 15 is 0 Å². The predicted molar refractivity (Wildman–Crippen MR) is 99.2 cm³/mol. The van der Waals surface area contributed by atoms with E-state index in [0.29, 0.717) is 6.42 Å². The molecular formula is C19H29N3O4. The van der Waals surface area contributed by atoms with E-state index in [-0.39, 0.29) is 6.61 Å². The molecule has 0 bridgehead atoms. The third-order valence-corrected chi connectivity index (χ3v) is 4.13. The van der Waals surface area contributed by atoms with Gasteiger partial charge in [-0.2, -0.15) is 0 Å². The average Bonchev–Trinajstić information content (AvgIpc) is 2.60. The highest BCUT2D eigenvalue weighted by atomic mass is 16.5. The number of benzene rings is 1. The summed E-state index contributed by atoms with van der Waals surface area (Å²) in [6.45, 7) is 6.67. The lowest BCUT2D eigenvalue weighted by Gasteiger charge is -2.33. The van der Waals surface area contributed by atoms with Crippen molar-refractivity contribution in [3.05, 3.63) is 35.9 Å². The molecule has 144 valence electrons. The maximum Gasteiger partial charge on any atom is 0.328 e. The van der Waals surface area contributed by atoms with E-state index in [1.54, 1.807) is 27.7 Å². The molecule has 1 aromatic rings. The molecule has 1 aromatic carbocycles. The van der Waals surface area contributed by atoms with Gasteiger partial charge in [0.05, 0.1) is 12.6 Å². The predicted octanol–water partition coefficient (Wildman–Crippen LogP) is 0.861. The molecule has 0 saturated heterocycles. The fourth-order valence-electron chi connectivity index (χ4n) is 2.45. The van der Waals surface area contributed by atoms with E-state index < -0.39 is 35.4 Å². The first-order valence-electron chi connectivity index (χ1n) is 8.65. The molecule has 1 rings (SSSR count). The largest absolute Gasteiger partial charge is 0.464 e. The highest BCUT2D eigenvalue weighted by Crippen LogP contribution is 2.12. The summed E-state index contributed by atoms with van der Waals surface area (Å²) in [5, 5.41) is 2.68. The van der Waals surface area contributed by atoms with Crippen LogP contribution in [0.4, 0.5) is 0 Å². The molecule has 7 heteroatoms. The second-order valence-electron chi connectivity index (χ2n) is 6.75. The molecule has 3 N–H and O–H groups in total. The summed E-state index contributed by atoms with van der Waals surface area (Å²) in [5.41, 5.74) is 5.70. The van der Waals surface area contributed by atoms with Crippen LogP contribution in [0.1, 0.15) is 33.3 Å². The summed E-state index contributed by atoms with van der Waals surface area (Å²) >= 11 is 0. The first kappa shape index (κ1) is 21.6. The molecule has 0 fully saturated rings. The van der Waals surface area contributed by atoms with Crippen molar-refractivity contribution in [2.24, 2.45) is 5.73 Å². The van der Waals surface area contributed by atoms with Crippen LogP contribution in [0.25, 0.3) is 0 Å². The summed E-state index contributed by atoms with van der Waals surface area (Å²) < 4.78 is 4.93. The minimum atomic E-state index is -1.21. The van der Waals surface area contributed by atoms with E-state index in [1.165, 1.54) is 11.9 Å². The number of hydrogen-bond acceptors (Lipinski definition) is 5. The molecule has 2 amide bonds. The molecule has 2 atom stereocenters. The van der Waals surface area contributed by atoms with Gasteiger partial charge in [-0.15, -0.1) is 0 Å². The molecule has 7 nitrogen and oxygen atoms in total. The maximum absolute atomic E-state index is 12.7. The number of likely N-dealkylation sites (N-methyl/N-ethyl adjacent to an activating group) is 1. The van der Waals surface area contributed by atoms with Gasteiger partial charge in [-0.25, -0.2) is 4.79 Å². The van der Waals surface area contributed by atoms with E-state index in [9.17, 15) is 14.4 Å². The van der Waals surface area contributed by atoms with Gasteiger partial charge in [0.15, 0.2) is 0 Å². The number of hydrogen-bond donors (Lipinski definition) is 2. The summed E-state index contributed by atoms with van der Waals surface area (Å²) in [5.74, 6) is -1.33. The van der Waals surface area contributed by atoms with Crippen molar-refractivity contribution in [2.75, 3.05) is 13.7 Å². The summed E-state index contributed by atoms with van der Waals surface area (Å²) in [6.07, 6.45) is 0.367. The molecule has 26 heavy (non-hydrogen) atoms. The van der Waals surface area contributed by atoms with Crippen LogP contribution in [0.3, 0.4) is 0 Å². The van der Waals surface area contributed by atoms with Gasteiger partial charge < -0.3 is 20.7 Å². The van der Waals surface area contributed by atoms with Crippen LogP contribution in [0.15, 0.2) is 30.3 Å². The van der Waals surface area contributed by atoms with E-state index in [2.05, 4.69) is 5.32 Å². The Kier molecular flexibility index (Phi) is 7.76. The first-order chi connectivity index (χ1) is 12.1. The number of nitrogens with zero attached hydrogens (tertiary/aromatic N) is 1. The number of carbonyl (C=O) groups excluding carboxylic acids is 3. The molecule has 0 unspecified atom stereocenters. The second kappa shape index (κ2) is 9.33. The number of nitrogens with one attached hydrogen (secondary N) is 1. The standard InChI is InChI=1S/C19H29N3O4/c1-6-26-17(24)13(2)22(5)18(25)19(3,4)21-16(23)15(20)12-14-10-8-7-9-11-14/h7-11,13,15H,6,12,20H2,1-5H3,(H,21,23)/t13-,15-/m0/s1. The second-order valence-corrected chi connectivity index (χ2v) is 6.75. The highest BCUT2D eigenvalue weighted by molar-refractivity contribution is 5.94. The quantitative estimate of drug-likeness (QED) is 0.667. The van der Waals surface area contributed by atoms with Crippen molar-refractivity contribution in [2.45, 2.75) is 51.7 Å². The van der Waals surface area contributed by atoms with Crippen LogP contribution >= 0.6 is 0 Å². The van der Waals surface area contributed by atoms with Gasteiger partial charge >= 0.3 is 5.97 Å². The maximum atomic E-state index is 12.7. The molecule has 0 aliphatic heterocycles. The third kappa shape index (κ3) is 5.84. The molecule has 0 saturated carbocycles. The van der Waals surface area contributed by atoms with Crippen molar-refractivity contribution in [1.82, 2.24) is 10.2 Å². The summed E-state index contributed by atoms with van der Waals surface area (Å²) in [4.78, 5) is 38.2. The van der Waals surface area contributed by atoms with Crippen molar-refractivity contribution < 1.29 is 19.1 Å². The average molecular weight is 363 g/mol. The van der Waals surface area contributed by atoms with Crippen LogP contribution in [0.5, 0.6) is 0 Å². The van der Waals surface area contributed by atoms with Gasteiger partial charge in [0.1, 0.15) is 11.6 Å². The van der Waals surface area contributed by atoms with Crippen molar-refractivity contribution in [3.8, 4) is 0 Å². The molecule has 0 heterocycles. The lowest BCUT2D eigenvalue weighted by molar-refractivity contribution is -0.155. The molecule has 0 spiro atoms. The number of amides is 2. The number of ether oxygens (including phenoxy) is 1. The van der Waals surface area contributed by atoms with Crippen molar-refractivity contribution >= 4 is 17.8 Å². The number of nitrogens with two attached hydrogens (primary N) is 1. The fraction of sp³-hybridized carbons (Fsp3) is 0.526.